The molecular formula is C8H13N5O3. The third-order valence-electron chi connectivity index (χ3n) is 1.97. The lowest BCUT2D eigenvalue weighted by Gasteiger charge is -2.12. The van der Waals surface area contributed by atoms with Gasteiger partial charge in [-0.3, -0.25) is 4.79 Å². The number of nitrogens with zero attached hydrogens (tertiary/aromatic N) is 2. The number of hydrogen-bond acceptors (Lipinski definition) is 5. The molecule has 1 heterocycles. The number of nitrogens with one attached hydrogen (secondary N) is 2. The van der Waals surface area contributed by atoms with Crippen LogP contribution in [0.3, 0.4) is 0 Å². The molecule has 8 heteroatoms. The molecule has 8 nitrogen and oxygen atoms in total. The van der Waals surface area contributed by atoms with Gasteiger partial charge in [-0.15, -0.1) is 10.2 Å². The van der Waals surface area contributed by atoms with Gasteiger partial charge < -0.3 is 16.2 Å². The number of aromatic nitrogens is 3. The van der Waals surface area contributed by atoms with Crippen LogP contribution in [0.4, 0.5) is 5.82 Å². The zero-order chi connectivity index (χ0) is 12.1. The maximum Gasteiger partial charge on any atom is 0.326 e. The first-order chi connectivity index (χ1) is 7.56. The van der Waals surface area contributed by atoms with Crippen molar-refractivity contribution in [2.75, 3.05) is 5.73 Å². The molecule has 0 aromatic carbocycles. The highest BCUT2D eigenvalue weighted by molar-refractivity contribution is 5.98. The fourth-order valence-electron chi connectivity index (χ4n) is 1.18. The van der Waals surface area contributed by atoms with E-state index in [0.29, 0.717) is 12.8 Å². The minimum absolute atomic E-state index is 0.0573. The van der Waals surface area contributed by atoms with E-state index in [0.717, 1.165) is 0 Å². The smallest absolute Gasteiger partial charge is 0.326 e. The van der Waals surface area contributed by atoms with Crippen molar-refractivity contribution < 1.29 is 14.7 Å². The Labute approximate surface area is 91.2 Å². The van der Waals surface area contributed by atoms with Gasteiger partial charge in [0.05, 0.1) is 0 Å². The number of aromatic amines is 1. The Morgan fingerprint density at radius 1 is 1.56 bits per heavy atom. The van der Waals surface area contributed by atoms with Crippen molar-refractivity contribution in [3.05, 3.63) is 5.69 Å². The van der Waals surface area contributed by atoms with Gasteiger partial charge in [0.1, 0.15) is 6.04 Å². The monoisotopic (exact) mass is 227 g/mol. The second-order valence-corrected chi connectivity index (χ2v) is 3.21. The Balaban J connectivity index is 2.69. The van der Waals surface area contributed by atoms with Crippen molar-refractivity contribution in [3.8, 4) is 0 Å². The Hall–Kier alpha value is -2.12. The van der Waals surface area contributed by atoms with Crippen LogP contribution in [-0.2, 0) is 4.79 Å². The highest BCUT2D eigenvalue weighted by atomic mass is 16.4. The fraction of sp³-hybridized carbons (Fsp3) is 0.500. The minimum atomic E-state index is -1.09. The van der Waals surface area contributed by atoms with Crippen molar-refractivity contribution in [1.29, 1.82) is 0 Å². The first kappa shape index (κ1) is 12.0. The van der Waals surface area contributed by atoms with Crippen LogP contribution in [0, 0.1) is 0 Å². The number of nitrogen functional groups attached to an aromatic ring is 1. The summed E-state index contributed by atoms with van der Waals surface area (Å²) in [4.78, 5) is 22.3. The predicted molar refractivity (Wildman–Crippen MR) is 54.6 cm³/mol. The third kappa shape index (κ3) is 2.69. The topological polar surface area (TPSA) is 134 Å². The standard InChI is InChI=1S/C8H13N5O3/c1-2-3-4(8(15)16)10-7(14)5-6(9)12-13-11-5/h4H,2-3H2,1H3,(H,10,14)(H,15,16)(H3,9,11,12,13). The average molecular weight is 227 g/mol. The first-order valence-corrected chi connectivity index (χ1v) is 4.76. The number of carbonyl (C=O) groups is 2. The molecule has 1 unspecified atom stereocenters. The molecule has 16 heavy (non-hydrogen) atoms. The van der Waals surface area contributed by atoms with E-state index in [1.54, 1.807) is 0 Å². The van der Waals surface area contributed by atoms with Gasteiger partial charge >= 0.3 is 5.97 Å². The van der Waals surface area contributed by atoms with Crippen LogP contribution < -0.4 is 11.1 Å². The lowest BCUT2D eigenvalue weighted by molar-refractivity contribution is -0.139. The molecular weight excluding hydrogens is 214 g/mol. The molecule has 0 aliphatic carbocycles. The maximum absolute atomic E-state index is 11.5. The Morgan fingerprint density at radius 3 is 2.69 bits per heavy atom. The Bertz CT molecular complexity index is 389. The number of carboxylic acids is 1. The van der Waals surface area contributed by atoms with Crippen LogP contribution in [0.5, 0.6) is 0 Å². The summed E-state index contributed by atoms with van der Waals surface area (Å²) in [5.41, 5.74) is 5.26. The van der Waals surface area contributed by atoms with Crippen LogP contribution in [0.1, 0.15) is 30.3 Å². The van der Waals surface area contributed by atoms with Crippen LogP contribution in [0.15, 0.2) is 0 Å². The van der Waals surface area contributed by atoms with E-state index in [2.05, 4.69) is 20.7 Å². The van der Waals surface area contributed by atoms with E-state index in [1.165, 1.54) is 0 Å². The van der Waals surface area contributed by atoms with Crippen molar-refractivity contribution in [2.24, 2.45) is 0 Å². The molecule has 1 aromatic rings. The van der Waals surface area contributed by atoms with Gasteiger partial charge in [-0.25, -0.2) is 4.79 Å². The highest BCUT2D eigenvalue weighted by Crippen LogP contribution is 2.04. The lowest BCUT2D eigenvalue weighted by atomic mass is 10.1. The van der Waals surface area contributed by atoms with Gasteiger partial charge in [-0.1, -0.05) is 13.3 Å². The largest absolute Gasteiger partial charge is 0.480 e. The third-order valence-corrected chi connectivity index (χ3v) is 1.97. The van der Waals surface area contributed by atoms with Gasteiger partial charge in [-0.2, -0.15) is 5.21 Å². The van der Waals surface area contributed by atoms with E-state index >= 15 is 0 Å². The predicted octanol–water partition coefficient (Wildman–Crippen LogP) is -0.630. The molecule has 0 bridgehead atoms. The van der Waals surface area contributed by atoms with E-state index in [-0.39, 0.29) is 11.5 Å². The number of H-pyrrole nitrogens is 1. The maximum atomic E-state index is 11.5. The zero-order valence-electron chi connectivity index (χ0n) is 8.73. The SMILES string of the molecule is CCCC(NC(=O)c1n[nH]nc1N)C(=O)O. The first-order valence-electron chi connectivity index (χ1n) is 4.76. The number of nitrogens with two attached hydrogens (primary N) is 1. The Kier molecular flexibility index (Phi) is 3.81. The van der Waals surface area contributed by atoms with Gasteiger partial charge in [0.2, 0.25) is 0 Å². The zero-order valence-corrected chi connectivity index (χ0v) is 8.73. The molecule has 0 saturated heterocycles. The second-order valence-electron chi connectivity index (χ2n) is 3.21. The molecule has 88 valence electrons. The summed E-state index contributed by atoms with van der Waals surface area (Å²) in [6, 6.07) is -0.936. The minimum Gasteiger partial charge on any atom is -0.480 e. The summed E-state index contributed by atoms with van der Waals surface area (Å²) in [5.74, 6) is -1.79. The van der Waals surface area contributed by atoms with Crippen LogP contribution in [0.25, 0.3) is 0 Å². The summed E-state index contributed by atoms with van der Waals surface area (Å²) < 4.78 is 0. The van der Waals surface area contributed by atoms with Crippen molar-refractivity contribution in [3.63, 3.8) is 0 Å². The molecule has 5 N–H and O–H groups in total. The van der Waals surface area contributed by atoms with Crippen LogP contribution >= 0.6 is 0 Å². The van der Waals surface area contributed by atoms with Gasteiger partial charge in [-0.05, 0) is 6.42 Å². The molecule has 1 aromatic heterocycles. The normalized spacial score (nSPS) is 12.1. The molecule has 0 radical (unpaired) electrons. The summed E-state index contributed by atoms with van der Waals surface area (Å²) in [6.07, 6.45) is 0.990. The van der Waals surface area contributed by atoms with E-state index in [4.69, 9.17) is 10.8 Å². The number of aliphatic carboxylic acids is 1. The molecule has 0 aliphatic heterocycles. The number of hydrogen-bond donors (Lipinski definition) is 4. The summed E-state index contributed by atoms with van der Waals surface area (Å²) in [6.45, 7) is 1.83. The van der Waals surface area contributed by atoms with Crippen molar-refractivity contribution >= 4 is 17.7 Å². The van der Waals surface area contributed by atoms with E-state index in [9.17, 15) is 9.59 Å². The molecule has 0 fully saturated rings. The lowest BCUT2D eigenvalue weighted by Crippen LogP contribution is -2.41. The highest BCUT2D eigenvalue weighted by Gasteiger charge is 2.22. The van der Waals surface area contributed by atoms with Crippen LogP contribution in [0.2, 0.25) is 0 Å². The van der Waals surface area contributed by atoms with Crippen molar-refractivity contribution in [2.45, 2.75) is 25.8 Å². The second kappa shape index (κ2) is 5.10. The number of rotatable bonds is 5. The molecule has 0 aliphatic rings. The molecule has 0 spiro atoms. The molecule has 1 rings (SSSR count). The number of anilines is 1. The van der Waals surface area contributed by atoms with Gasteiger partial charge in [0.15, 0.2) is 11.5 Å². The Morgan fingerprint density at radius 2 is 2.25 bits per heavy atom. The fourth-order valence-corrected chi connectivity index (χ4v) is 1.18. The number of carboxylic acid groups (broad SMARTS) is 1. The summed E-state index contributed by atoms with van der Waals surface area (Å²) >= 11 is 0. The van der Waals surface area contributed by atoms with Crippen LogP contribution in [-0.4, -0.2) is 38.4 Å². The molecule has 1 amide bonds. The molecule has 0 saturated carbocycles. The van der Waals surface area contributed by atoms with E-state index in [1.807, 2.05) is 6.92 Å². The number of carbonyl (C=O) groups excluding carboxylic acids is 1. The quantitative estimate of drug-likeness (QED) is 0.529. The average Bonchev–Trinajstić information content (AvgIpc) is 2.63. The molecule has 1 atom stereocenters. The van der Waals surface area contributed by atoms with Gasteiger partial charge in [0, 0.05) is 0 Å². The van der Waals surface area contributed by atoms with Gasteiger partial charge in [0.25, 0.3) is 5.91 Å². The van der Waals surface area contributed by atoms with E-state index < -0.39 is 17.9 Å². The summed E-state index contributed by atoms with van der Waals surface area (Å²) in [7, 11) is 0. The summed E-state index contributed by atoms with van der Waals surface area (Å²) in [5, 5.41) is 20.3. The number of amides is 1. The van der Waals surface area contributed by atoms with Crippen molar-refractivity contribution in [1.82, 2.24) is 20.7 Å².